The summed E-state index contributed by atoms with van der Waals surface area (Å²) in [7, 11) is 0. The van der Waals surface area contributed by atoms with E-state index in [0.29, 0.717) is 11.7 Å². The Hall–Kier alpha value is -0.800. The number of furan rings is 1. The van der Waals surface area contributed by atoms with E-state index in [2.05, 4.69) is 0 Å². The van der Waals surface area contributed by atoms with Crippen molar-refractivity contribution in [3.05, 3.63) is 24.2 Å². The minimum Gasteiger partial charge on any atom is -0.467 e. The minimum absolute atomic E-state index is 0.471. The van der Waals surface area contributed by atoms with Crippen molar-refractivity contribution in [1.82, 2.24) is 0 Å². The van der Waals surface area contributed by atoms with Crippen molar-refractivity contribution in [2.45, 2.75) is 18.9 Å². The molecule has 1 aliphatic rings. The topological polar surface area (TPSA) is 42.6 Å². The first-order valence-corrected chi connectivity index (χ1v) is 4.65. The van der Waals surface area contributed by atoms with Crippen molar-refractivity contribution in [2.24, 2.45) is 5.92 Å². The fourth-order valence-corrected chi connectivity index (χ4v) is 1.68. The molecular formula is C10H14O3. The first-order chi connectivity index (χ1) is 6.36. The lowest BCUT2D eigenvalue weighted by molar-refractivity contribution is 0.111. The number of aliphatic hydroxyl groups is 1. The van der Waals surface area contributed by atoms with E-state index in [0.717, 1.165) is 26.1 Å². The lowest BCUT2D eigenvalue weighted by atomic mass is 10.00. The van der Waals surface area contributed by atoms with Gasteiger partial charge in [-0.3, -0.25) is 0 Å². The average Bonchev–Trinajstić information content (AvgIpc) is 2.74. The van der Waals surface area contributed by atoms with Crippen LogP contribution in [0.3, 0.4) is 0 Å². The fourth-order valence-electron chi connectivity index (χ4n) is 1.68. The zero-order valence-electron chi connectivity index (χ0n) is 7.48. The molecule has 0 radical (unpaired) electrons. The van der Waals surface area contributed by atoms with Gasteiger partial charge in [-0.05, 0) is 30.9 Å². The van der Waals surface area contributed by atoms with Crippen LogP contribution in [0.5, 0.6) is 0 Å². The average molecular weight is 182 g/mol. The summed E-state index contributed by atoms with van der Waals surface area (Å²) in [6.45, 7) is 1.60. The molecule has 0 bridgehead atoms. The molecule has 2 heterocycles. The molecule has 1 saturated heterocycles. The highest BCUT2D eigenvalue weighted by Gasteiger charge is 2.21. The van der Waals surface area contributed by atoms with Gasteiger partial charge in [-0.1, -0.05) is 0 Å². The Morgan fingerprint density at radius 3 is 3.15 bits per heavy atom. The van der Waals surface area contributed by atoms with Crippen LogP contribution in [0.4, 0.5) is 0 Å². The number of aliphatic hydroxyl groups excluding tert-OH is 1. The first kappa shape index (κ1) is 8.78. The maximum absolute atomic E-state index is 9.72. The molecule has 0 amide bonds. The molecule has 3 heteroatoms. The van der Waals surface area contributed by atoms with Crippen molar-refractivity contribution in [3.8, 4) is 0 Å². The largest absolute Gasteiger partial charge is 0.467 e. The van der Waals surface area contributed by atoms with Crippen LogP contribution in [0.25, 0.3) is 0 Å². The van der Waals surface area contributed by atoms with E-state index in [-0.39, 0.29) is 0 Å². The highest BCUT2D eigenvalue weighted by Crippen LogP contribution is 2.26. The van der Waals surface area contributed by atoms with Crippen LogP contribution in [0.2, 0.25) is 0 Å². The second kappa shape index (κ2) is 3.94. The minimum atomic E-state index is -0.471. The highest BCUT2D eigenvalue weighted by molar-refractivity contribution is 5.01. The van der Waals surface area contributed by atoms with Gasteiger partial charge in [0.15, 0.2) is 0 Å². The quantitative estimate of drug-likeness (QED) is 0.774. The Labute approximate surface area is 77.3 Å². The van der Waals surface area contributed by atoms with Gasteiger partial charge in [0, 0.05) is 13.2 Å². The summed E-state index contributed by atoms with van der Waals surface area (Å²) in [5.41, 5.74) is 0. The van der Waals surface area contributed by atoms with Crippen LogP contribution in [0.15, 0.2) is 22.8 Å². The molecular weight excluding hydrogens is 168 g/mol. The molecule has 0 spiro atoms. The SMILES string of the molecule is OC(CC1CCOC1)c1ccco1. The lowest BCUT2D eigenvalue weighted by Crippen LogP contribution is -2.06. The second-order valence-corrected chi connectivity index (χ2v) is 3.50. The van der Waals surface area contributed by atoms with Crippen molar-refractivity contribution >= 4 is 0 Å². The predicted octanol–water partition coefficient (Wildman–Crippen LogP) is 1.74. The van der Waals surface area contributed by atoms with Crippen molar-refractivity contribution < 1.29 is 14.3 Å². The molecule has 0 aromatic carbocycles. The summed E-state index contributed by atoms with van der Waals surface area (Å²) in [6.07, 6.45) is 2.91. The summed E-state index contributed by atoms with van der Waals surface area (Å²) in [6, 6.07) is 3.60. The van der Waals surface area contributed by atoms with E-state index < -0.39 is 6.10 Å². The van der Waals surface area contributed by atoms with Crippen LogP contribution in [-0.4, -0.2) is 18.3 Å². The van der Waals surface area contributed by atoms with E-state index in [9.17, 15) is 5.11 Å². The van der Waals surface area contributed by atoms with E-state index >= 15 is 0 Å². The van der Waals surface area contributed by atoms with Crippen LogP contribution >= 0.6 is 0 Å². The molecule has 1 aromatic rings. The van der Waals surface area contributed by atoms with E-state index in [1.165, 1.54) is 0 Å². The van der Waals surface area contributed by atoms with Crippen LogP contribution < -0.4 is 0 Å². The third-order valence-corrected chi connectivity index (χ3v) is 2.45. The zero-order chi connectivity index (χ0) is 9.10. The second-order valence-electron chi connectivity index (χ2n) is 3.50. The molecule has 2 rings (SSSR count). The van der Waals surface area contributed by atoms with Crippen molar-refractivity contribution in [1.29, 1.82) is 0 Å². The molecule has 2 unspecified atom stereocenters. The summed E-state index contributed by atoms with van der Waals surface area (Å²) in [4.78, 5) is 0. The normalized spacial score (nSPS) is 24.8. The molecule has 1 N–H and O–H groups in total. The maximum Gasteiger partial charge on any atom is 0.132 e. The van der Waals surface area contributed by atoms with Crippen molar-refractivity contribution in [2.75, 3.05) is 13.2 Å². The first-order valence-electron chi connectivity index (χ1n) is 4.65. The third-order valence-electron chi connectivity index (χ3n) is 2.45. The van der Waals surface area contributed by atoms with E-state index in [4.69, 9.17) is 9.15 Å². The molecule has 3 nitrogen and oxygen atoms in total. The van der Waals surface area contributed by atoms with Gasteiger partial charge >= 0.3 is 0 Å². The summed E-state index contributed by atoms with van der Waals surface area (Å²) in [5.74, 6) is 1.15. The number of ether oxygens (including phenoxy) is 1. The van der Waals surface area contributed by atoms with Gasteiger partial charge in [-0.2, -0.15) is 0 Å². The summed E-state index contributed by atoms with van der Waals surface area (Å²) >= 11 is 0. The summed E-state index contributed by atoms with van der Waals surface area (Å²) < 4.78 is 10.3. The molecule has 1 aliphatic heterocycles. The predicted molar refractivity (Wildman–Crippen MR) is 47.2 cm³/mol. The Morgan fingerprint density at radius 1 is 1.62 bits per heavy atom. The molecule has 72 valence electrons. The van der Waals surface area contributed by atoms with Crippen LogP contribution in [0, 0.1) is 5.92 Å². The monoisotopic (exact) mass is 182 g/mol. The number of hydrogen-bond donors (Lipinski definition) is 1. The van der Waals surface area contributed by atoms with Gasteiger partial charge in [0.05, 0.1) is 6.26 Å². The third kappa shape index (κ3) is 2.11. The summed E-state index contributed by atoms with van der Waals surface area (Å²) in [5, 5.41) is 9.72. The molecule has 1 aromatic heterocycles. The van der Waals surface area contributed by atoms with Crippen LogP contribution in [0.1, 0.15) is 24.7 Å². The van der Waals surface area contributed by atoms with Gasteiger partial charge in [0.2, 0.25) is 0 Å². The van der Waals surface area contributed by atoms with E-state index in [1.807, 2.05) is 0 Å². The lowest BCUT2D eigenvalue weighted by Gasteiger charge is -2.11. The molecule has 2 atom stereocenters. The number of hydrogen-bond acceptors (Lipinski definition) is 3. The van der Waals surface area contributed by atoms with Gasteiger partial charge in [-0.15, -0.1) is 0 Å². The number of rotatable bonds is 3. The molecule has 0 saturated carbocycles. The molecule has 13 heavy (non-hydrogen) atoms. The van der Waals surface area contributed by atoms with E-state index in [1.54, 1.807) is 18.4 Å². The van der Waals surface area contributed by atoms with Gasteiger partial charge in [-0.25, -0.2) is 0 Å². The Morgan fingerprint density at radius 2 is 2.54 bits per heavy atom. The fraction of sp³-hybridized carbons (Fsp3) is 0.600. The van der Waals surface area contributed by atoms with Gasteiger partial charge in [0.25, 0.3) is 0 Å². The highest BCUT2D eigenvalue weighted by atomic mass is 16.5. The molecule has 0 aliphatic carbocycles. The molecule has 1 fully saturated rings. The zero-order valence-corrected chi connectivity index (χ0v) is 7.48. The smallest absolute Gasteiger partial charge is 0.132 e. The van der Waals surface area contributed by atoms with Crippen LogP contribution in [-0.2, 0) is 4.74 Å². The Kier molecular flexibility index (Phi) is 2.66. The standard InChI is InChI=1S/C10H14O3/c11-9(10-2-1-4-13-10)6-8-3-5-12-7-8/h1-2,4,8-9,11H,3,5-7H2. The van der Waals surface area contributed by atoms with Gasteiger partial charge < -0.3 is 14.3 Å². The Bertz CT molecular complexity index is 237. The maximum atomic E-state index is 9.72. The van der Waals surface area contributed by atoms with Crippen molar-refractivity contribution in [3.63, 3.8) is 0 Å². The van der Waals surface area contributed by atoms with Gasteiger partial charge in [0.1, 0.15) is 11.9 Å². The Balaban J connectivity index is 1.87.